The van der Waals surface area contributed by atoms with Gasteiger partial charge in [-0.2, -0.15) is 5.26 Å². The van der Waals surface area contributed by atoms with E-state index < -0.39 is 0 Å². The molecular weight excluding hydrogens is 344 g/mol. The van der Waals surface area contributed by atoms with Crippen molar-refractivity contribution in [3.63, 3.8) is 0 Å². The largest absolute Gasteiger partial charge is 0.354 e. The summed E-state index contributed by atoms with van der Waals surface area (Å²) in [5.41, 5.74) is 0.340. The molecule has 3 fully saturated rings. The van der Waals surface area contributed by atoms with Gasteiger partial charge in [-0.3, -0.25) is 9.59 Å². The molecule has 1 aromatic rings. The van der Waals surface area contributed by atoms with Crippen molar-refractivity contribution in [2.45, 2.75) is 44.7 Å². The third-order valence-electron chi connectivity index (χ3n) is 6.14. The number of hydrogen-bond acceptors (Lipinski definition) is 6. The van der Waals surface area contributed by atoms with Gasteiger partial charge in [0.1, 0.15) is 6.07 Å². The van der Waals surface area contributed by atoms with Gasteiger partial charge < -0.3 is 15.1 Å². The Balaban J connectivity index is 1.64. The smallest absolute Gasteiger partial charge is 0.223 e. The molecule has 0 saturated carbocycles. The van der Waals surface area contributed by atoms with E-state index in [-0.39, 0.29) is 29.8 Å². The summed E-state index contributed by atoms with van der Waals surface area (Å²) in [4.78, 5) is 37.0. The van der Waals surface area contributed by atoms with Crippen molar-refractivity contribution >= 4 is 17.6 Å². The van der Waals surface area contributed by atoms with Crippen molar-refractivity contribution in [1.29, 1.82) is 5.26 Å². The number of nitrogens with one attached hydrogen (secondary N) is 1. The lowest BCUT2D eigenvalue weighted by Gasteiger charge is -2.56. The average molecular weight is 368 g/mol. The average Bonchev–Trinajstić information content (AvgIpc) is 2.68. The minimum absolute atomic E-state index is 0.00652. The number of carbonyl (C=O) groups is 2. The van der Waals surface area contributed by atoms with E-state index in [1.165, 1.54) is 13.1 Å². The van der Waals surface area contributed by atoms with Gasteiger partial charge in [0.05, 0.1) is 6.04 Å². The molecular formula is C19H24N6O2. The van der Waals surface area contributed by atoms with Gasteiger partial charge in [-0.05, 0) is 31.1 Å². The highest BCUT2D eigenvalue weighted by atomic mass is 16.2. The molecule has 8 nitrogen and oxygen atoms in total. The zero-order valence-corrected chi connectivity index (χ0v) is 15.5. The summed E-state index contributed by atoms with van der Waals surface area (Å²) in [6.45, 7) is 3.48. The van der Waals surface area contributed by atoms with Crippen LogP contribution in [0.25, 0.3) is 0 Å². The maximum Gasteiger partial charge on any atom is 0.223 e. The SMILES string of the molecule is CC(=O)NC[C@H]1[C@H]2C[C@H](CN(c3nccnc3C#N)C2)[C@@H]2CCCC(=O)N21. The number of hydrogen-bond donors (Lipinski definition) is 1. The van der Waals surface area contributed by atoms with Crippen LogP contribution in [0, 0.1) is 23.2 Å². The number of rotatable bonds is 3. The first kappa shape index (κ1) is 17.7. The van der Waals surface area contributed by atoms with Crippen molar-refractivity contribution in [2.24, 2.45) is 11.8 Å². The van der Waals surface area contributed by atoms with Crippen molar-refractivity contribution in [3.8, 4) is 6.07 Å². The fourth-order valence-electron chi connectivity index (χ4n) is 5.10. The molecule has 27 heavy (non-hydrogen) atoms. The molecule has 4 rings (SSSR count). The first-order chi connectivity index (χ1) is 13.1. The Labute approximate surface area is 158 Å². The van der Waals surface area contributed by atoms with Gasteiger partial charge in [0.25, 0.3) is 0 Å². The van der Waals surface area contributed by atoms with Crippen LogP contribution in [0.1, 0.15) is 38.3 Å². The molecule has 3 saturated heterocycles. The lowest BCUT2D eigenvalue weighted by atomic mass is 9.72. The highest BCUT2D eigenvalue weighted by Gasteiger charge is 2.49. The van der Waals surface area contributed by atoms with E-state index >= 15 is 0 Å². The number of fused-ring (bicyclic) bond motifs is 4. The molecule has 0 aromatic carbocycles. The molecule has 3 aliphatic rings. The quantitative estimate of drug-likeness (QED) is 0.842. The molecule has 3 aliphatic heterocycles. The van der Waals surface area contributed by atoms with Crippen LogP contribution in [0.15, 0.2) is 12.4 Å². The van der Waals surface area contributed by atoms with Crippen molar-refractivity contribution in [3.05, 3.63) is 18.1 Å². The zero-order chi connectivity index (χ0) is 19.0. The summed E-state index contributed by atoms with van der Waals surface area (Å²) in [6.07, 6.45) is 6.71. The minimum atomic E-state index is -0.0773. The fourth-order valence-corrected chi connectivity index (χ4v) is 5.10. The number of anilines is 1. The van der Waals surface area contributed by atoms with Crippen LogP contribution in [0.3, 0.4) is 0 Å². The lowest BCUT2D eigenvalue weighted by Crippen LogP contribution is -2.67. The summed E-state index contributed by atoms with van der Waals surface area (Å²) >= 11 is 0. The van der Waals surface area contributed by atoms with E-state index in [4.69, 9.17) is 0 Å². The summed E-state index contributed by atoms with van der Waals surface area (Å²) in [7, 11) is 0. The molecule has 0 radical (unpaired) electrons. The Morgan fingerprint density at radius 2 is 2.11 bits per heavy atom. The van der Waals surface area contributed by atoms with E-state index in [9.17, 15) is 14.9 Å². The highest BCUT2D eigenvalue weighted by molar-refractivity contribution is 5.78. The highest BCUT2D eigenvalue weighted by Crippen LogP contribution is 2.42. The second-order valence-electron chi connectivity index (χ2n) is 7.77. The molecule has 0 aliphatic carbocycles. The van der Waals surface area contributed by atoms with Crippen LogP contribution in [-0.4, -0.2) is 58.4 Å². The summed E-state index contributed by atoms with van der Waals surface area (Å²) < 4.78 is 0. The summed E-state index contributed by atoms with van der Waals surface area (Å²) in [5, 5.41) is 12.3. The predicted octanol–water partition coefficient (Wildman–Crippen LogP) is 0.690. The molecule has 1 aromatic heterocycles. The topological polar surface area (TPSA) is 102 Å². The third-order valence-corrected chi connectivity index (χ3v) is 6.14. The van der Waals surface area contributed by atoms with Crippen LogP contribution in [0.2, 0.25) is 0 Å². The van der Waals surface area contributed by atoms with Crippen molar-refractivity contribution in [1.82, 2.24) is 20.2 Å². The van der Waals surface area contributed by atoms with Crippen LogP contribution in [-0.2, 0) is 9.59 Å². The van der Waals surface area contributed by atoms with Gasteiger partial charge in [-0.15, -0.1) is 0 Å². The van der Waals surface area contributed by atoms with Crippen molar-refractivity contribution in [2.75, 3.05) is 24.5 Å². The molecule has 2 bridgehead atoms. The van der Waals surface area contributed by atoms with Crippen LogP contribution < -0.4 is 10.2 Å². The zero-order valence-electron chi connectivity index (χ0n) is 15.5. The molecule has 142 valence electrons. The lowest BCUT2D eigenvalue weighted by molar-refractivity contribution is -0.149. The van der Waals surface area contributed by atoms with Gasteiger partial charge in [-0.25, -0.2) is 9.97 Å². The maximum atomic E-state index is 12.7. The molecule has 0 unspecified atom stereocenters. The van der Waals surface area contributed by atoms with Gasteiger partial charge in [-0.1, -0.05) is 0 Å². The molecule has 4 heterocycles. The predicted molar refractivity (Wildman–Crippen MR) is 97.5 cm³/mol. The van der Waals surface area contributed by atoms with Crippen LogP contribution in [0.4, 0.5) is 5.82 Å². The fraction of sp³-hybridized carbons (Fsp3) is 0.632. The summed E-state index contributed by atoms with van der Waals surface area (Å²) in [5.74, 6) is 1.36. The summed E-state index contributed by atoms with van der Waals surface area (Å²) in [6, 6.07) is 2.33. The van der Waals surface area contributed by atoms with Gasteiger partial charge in [0, 0.05) is 51.4 Å². The van der Waals surface area contributed by atoms with E-state index in [1.807, 2.05) is 0 Å². The molecule has 0 spiro atoms. The number of nitrogens with zero attached hydrogens (tertiary/aromatic N) is 5. The van der Waals surface area contributed by atoms with E-state index in [2.05, 4.69) is 31.2 Å². The number of aromatic nitrogens is 2. The Morgan fingerprint density at radius 1 is 1.33 bits per heavy atom. The number of amides is 2. The van der Waals surface area contributed by atoms with Gasteiger partial charge in [0.2, 0.25) is 11.8 Å². The number of carbonyl (C=O) groups excluding carboxylic acids is 2. The monoisotopic (exact) mass is 368 g/mol. The Bertz CT molecular complexity index is 791. The molecule has 1 N–H and O–H groups in total. The Hall–Kier alpha value is -2.69. The normalized spacial score (nSPS) is 29.7. The first-order valence-electron chi connectivity index (χ1n) is 9.60. The minimum Gasteiger partial charge on any atom is -0.354 e. The first-order valence-corrected chi connectivity index (χ1v) is 9.60. The molecule has 2 amide bonds. The van der Waals surface area contributed by atoms with Crippen molar-refractivity contribution < 1.29 is 9.59 Å². The maximum absolute atomic E-state index is 12.7. The van der Waals surface area contributed by atoms with Gasteiger partial charge >= 0.3 is 0 Å². The molecule has 8 heteroatoms. The third kappa shape index (κ3) is 3.22. The van der Waals surface area contributed by atoms with Crippen LogP contribution in [0.5, 0.6) is 0 Å². The second-order valence-corrected chi connectivity index (χ2v) is 7.77. The number of piperidine rings is 3. The van der Waals surface area contributed by atoms with E-state index in [0.717, 1.165) is 25.8 Å². The van der Waals surface area contributed by atoms with E-state index in [0.29, 0.717) is 36.9 Å². The number of nitriles is 1. The van der Waals surface area contributed by atoms with Crippen LogP contribution >= 0.6 is 0 Å². The molecule has 4 atom stereocenters. The second kappa shape index (κ2) is 7.14. The van der Waals surface area contributed by atoms with E-state index in [1.54, 1.807) is 6.20 Å². The van der Waals surface area contributed by atoms with Gasteiger partial charge in [0.15, 0.2) is 11.5 Å². The standard InChI is InChI=1S/C19H24N6O2/c1-12(26)23-9-17-14-7-13(16-3-2-4-18(27)25(16)17)10-24(11-14)19-15(8-20)21-5-6-22-19/h5-6,13-14,16-17H,2-4,7,9-11H2,1H3,(H,23,26)/t13-,14+,16+,17+/m1/s1. The Morgan fingerprint density at radius 3 is 2.89 bits per heavy atom. The Kier molecular flexibility index (Phi) is 4.68.